The summed E-state index contributed by atoms with van der Waals surface area (Å²) in [6.07, 6.45) is 8.09. The number of ketones is 1. The molecule has 0 bridgehead atoms. The number of methoxy groups -OCH3 is 2. The average molecular weight is 420 g/mol. The summed E-state index contributed by atoms with van der Waals surface area (Å²) in [6.45, 7) is 0. The Morgan fingerprint density at radius 1 is 0.733 bits per heavy atom. The molecular formula is C22H21BF4O3. The number of allylic oxidation sites excluding steroid dienone is 5. The average Bonchev–Trinajstić information content (AvgIpc) is 2.75. The summed E-state index contributed by atoms with van der Waals surface area (Å²) in [5.74, 6) is 2.52. The zero-order valence-electron chi connectivity index (χ0n) is 16.7. The second kappa shape index (κ2) is 12.3. The molecule has 8 heteroatoms. The number of carbonyl (C=O) groups excluding carboxylic acids is 1. The molecule has 0 radical (unpaired) electrons. The van der Waals surface area contributed by atoms with Gasteiger partial charge < -0.3 is 14.2 Å². The van der Waals surface area contributed by atoms with Crippen molar-refractivity contribution in [1.82, 2.24) is 0 Å². The van der Waals surface area contributed by atoms with Gasteiger partial charge in [-0.15, -0.1) is 0 Å². The molecule has 0 saturated carbocycles. The second-order valence-electron chi connectivity index (χ2n) is 5.81. The van der Waals surface area contributed by atoms with Gasteiger partial charge in [0.1, 0.15) is 11.5 Å². The smallest absolute Gasteiger partial charge is 0.762 e. The third kappa shape index (κ3) is 6.95. The molecule has 2 aromatic carbocycles. The van der Waals surface area contributed by atoms with Crippen molar-refractivity contribution in [2.24, 2.45) is 0 Å². The lowest BCUT2D eigenvalue weighted by atomic mass is 9.91. The minimum absolute atomic E-state index is 0. The lowest BCUT2D eigenvalue weighted by Crippen LogP contribution is -3.00. The van der Waals surface area contributed by atoms with Crippen molar-refractivity contribution in [3.05, 3.63) is 89.5 Å². The Kier molecular flexibility index (Phi) is 10.2. The van der Waals surface area contributed by atoms with Crippen LogP contribution in [0.4, 0.5) is 12.9 Å². The predicted octanol–water partition coefficient (Wildman–Crippen LogP) is 2.25. The first-order valence-electron chi connectivity index (χ1n) is 8.71. The largest absolute Gasteiger partial charge is 1.00 e. The summed E-state index contributed by atoms with van der Waals surface area (Å²) < 4.78 is 44.8. The van der Waals surface area contributed by atoms with Gasteiger partial charge >= 0.3 is 13.3 Å². The first-order chi connectivity index (χ1) is 14.0. The summed E-state index contributed by atoms with van der Waals surface area (Å²) >= 11 is 0. The van der Waals surface area contributed by atoms with E-state index in [4.69, 9.17) is 13.9 Å². The molecule has 0 atom stereocenters. The molecule has 30 heavy (non-hydrogen) atoms. The molecule has 0 saturated heterocycles. The number of hydrogen-bond donors (Lipinski definition) is 0. The van der Waals surface area contributed by atoms with Gasteiger partial charge in [0.15, 0.2) is 0 Å². The Hall–Kier alpha value is -3.29. The first-order valence-corrected chi connectivity index (χ1v) is 8.71. The minimum Gasteiger partial charge on any atom is -1.00 e. The van der Waals surface area contributed by atoms with Crippen LogP contribution in [0.25, 0.3) is 5.57 Å². The van der Waals surface area contributed by atoms with E-state index in [9.17, 15) is 12.9 Å². The summed E-state index contributed by atoms with van der Waals surface area (Å²) in [6, 6.07) is 16.2. The standard InChI is InChI=1S/C22H21O3.BF3.FH/c1-23-19-10-4-16(5-11-19)22(17-6-12-20(24-2)13-7-17)18-8-14-21(25-3)15-9-18;2-1(3)4;/h4-15H,1-3H3;;1H/q+1;;/p-1. The molecule has 0 unspecified atom stereocenters. The molecule has 0 aliphatic heterocycles. The zero-order valence-corrected chi connectivity index (χ0v) is 16.7. The van der Waals surface area contributed by atoms with Gasteiger partial charge in [-0.1, -0.05) is 24.3 Å². The number of hydrogen-bond acceptors (Lipinski definition) is 2. The van der Waals surface area contributed by atoms with Gasteiger partial charge in [-0.3, -0.25) is 17.4 Å². The molecule has 0 aromatic heterocycles. The van der Waals surface area contributed by atoms with Crippen LogP contribution in [0.15, 0.2) is 78.4 Å². The van der Waals surface area contributed by atoms with E-state index >= 15 is 0 Å². The van der Waals surface area contributed by atoms with Gasteiger partial charge in [0, 0.05) is 12.2 Å². The molecule has 1 aliphatic rings. The highest BCUT2D eigenvalue weighted by Gasteiger charge is 2.14. The zero-order chi connectivity index (χ0) is 21.2. The van der Waals surface area contributed by atoms with Gasteiger partial charge in [-0.25, -0.2) is 0 Å². The van der Waals surface area contributed by atoms with Gasteiger partial charge in [-0.2, -0.15) is 0 Å². The van der Waals surface area contributed by atoms with Gasteiger partial charge in [0.05, 0.1) is 14.2 Å². The van der Waals surface area contributed by atoms with Crippen molar-refractivity contribution < 1.29 is 31.5 Å². The lowest BCUT2D eigenvalue weighted by Gasteiger charge is -2.14. The van der Waals surface area contributed by atoms with Crippen LogP contribution in [-0.2, 0) is 4.42 Å². The number of ether oxygens (including phenoxy) is 2. The van der Waals surface area contributed by atoms with Crippen molar-refractivity contribution in [3.63, 3.8) is 0 Å². The minimum atomic E-state index is -3.67. The van der Waals surface area contributed by atoms with Crippen molar-refractivity contribution in [2.75, 3.05) is 21.3 Å². The summed E-state index contributed by atoms with van der Waals surface area (Å²) in [7, 11) is 1.35. The molecule has 1 aliphatic carbocycles. The molecular weight excluding hydrogens is 399 g/mol. The normalized spacial score (nSPS) is 11.7. The Bertz CT molecular complexity index is 848. The fourth-order valence-corrected chi connectivity index (χ4v) is 2.77. The highest BCUT2D eigenvalue weighted by Crippen LogP contribution is 2.31. The summed E-state index contributed by atoms with van der Waals surface area (Å²) in [5, 5.41) is 0. The molecule has 0 spiro atoms. The quantitative estimate of drug-likeness (QED) is 0.432. The Labute approximate surface area is 173 Å². The molecule has 158 valence electrons. The van der Waals surface area contributed by atoms with Crippen LogP contribution in [0, 0.1) is 0 Å². The molecule has 3 nitrogen and oxygen atoms in total. The molecule has 0 heterocycles. The van der Waals surface area contributed by atoms with E-state index in [0.29, 0.717) is 0 Å². The van der Waals surface area contributed by atoms with Crippen LogP contribution in [0.5, 0.6) is 11.5 Å². The highest BCUT2D eigenvalue weighted by molar-refractivity contribution is 6.33. The summed E-state index contributed by atoms with van der Waals surface area (Å²) in [4.78, 5) is 0. The summed E-state index contributed by atoms with van der Waals surface area (Å²) in [5.41, 5.74) is 4.51. The molecule has 0 N–H and O–H groups in total. The van der Waals surface area contributed by atoms with Crippen LogP contribution < -0.4 is 14.2 Å². The molecule has 3 rings (SSSR count). The second-order valence-corrected chi connectivity index (χ2v) is 5.81. The van der Waals surface area contributed by atoms with Gasteiger partial charge in [0.2, 0.25) is 0 Å². The molecule has 2 aromatic rings. The maximum atomic E-state index is 9.67. The third-order valence-corrected chi connectivity index (χ3v) is 4.14. The Morgan fingerprint density at radius 2 is 1.10 bits per heavy atom. The topological polar surface area (TPSA) is 29.8 Å². The highest BCUT2D eigenvalue weighted by atomic mass is 19.4. The Balaban J connectivity index is 0.000000827. The van der Waals surface area contributed by atoms with Crippen LogP contribution in [0.1, 0.15) is 11.1 Å². The fourth-order valence-electron chi connectivity index (χ4n) is 2.77. The monoisotopic (exact) mass is 420 g/mol. The van der Waals surface area contributed by atoms with Crippen molar-refractivity contribution in [2.45, 2.75) is 0 Å². The van der Waals surface area contributed by atoms with E-state index in [2.05, 4.69) is 36.4 Å². The first kappa shape index (κ1) is 24.8. The van der Waals surface area contributed by atoms with Crippen LogP contribution >= 0.6 is 0 Å². The van der Waals surface area contributed by atoms with Crippen molar-refractivity contribution >= 4 is 18.9 Å². The SMILES string of the molecule is COc1ccc(C(=C2C=CC(=[O+]C)C=C2)c2ccc(OC)cc2)cc1.FB(F)F.[F-]. The van der Waals surface area contributed by atoms with E-state index in [1.54, 1.807) is 21.3 Å². The van der Waals surface area contributed by atoms with E-state index < -0.39 is 7.54 Å². The van der Waals surface area contributed by atoms with E-state index in [-0.39, 0.29) is 4.70 Å². The third-order valence-electron chi connectivity index (χ3n) is 4.14. The van der Waals surface area contributed by atoms with E-state index in [1.165, 1.54) is 0 Å². The number of halogens is 4. The van der Waals surface area contributed by atoms with Crippen molar-refractivity contribution in [3.8, 4) is 11.5 Å². The van der Waals surface area contributed by atoms with E-state index in [0.717, 1.165) is 39.6 Å². The fraction of sp³-hybridized carbons (Fsp3) is 0.136. The van der Waals surface area contributed by atoms with Gasteiger partial charge in [0.25, 0.3) is 7.11 Å². The van der Waals surface area contributed by atoms with Gasteiger partial charge in [-0.05, 0) is 58.7 Å². The maximum absolute atomic E-state index is 9.67. The molecule has 0 amide bonds. The maximum Gasteiger partial charge on any atom is 0.762 e. The predicted molar refractivity (Wildman–Crippen MR) is 110 cm³/mol. The van der Waals surface area contributed by atoms with Crippen LogP contribution in [0.3, 0.4) is 0 Å². The van der Waals surface area contributed by atoms with E-state index in [1.807, 2.05) is 36.4 Å². The van der Waals surface area contributed by atoms with Crippen molar-refractivity contribution in [1.29, 1.82) is 0 Å². The number of rotatable bonds is 4. The van der Waals surface area contributed by atoms with Crippen LogP contribution in [-0.4, -0.2) is 34.7 Å². The number of benzene rings is 2. The lowest BCUT2D eigenvalue weighted by molar-refractivity contribution is -0.417. The Morgan fingerprint density at radius 3 is 1.40 bits per heavy atom. The van der Waals surface area contributed by atoms with Crippen LogP contribution in [0.2, 0.25) is 0 Å². The molecule has 0 fully saturated rings.